The third kappa shape index (κ3) is 8.25. The summed E-state index contributed by atoms with van der Waals surface area (Å²) in [4.78, 5) is 10.7. The molecule has 0 spiro atoms. The van der Waals surface area contributed by atoms with Crippen molar-refractivity contribution >= 4 is 5.97 Å². The van der Waals surface area contributed by atoms with Crippen LogP contribution in [0.5, 0.6) is 0 Å². The first-order valence-electron chi connectivity index (χ1n) is 9.62. The van der Waals surface area contributed by atoms with Gasteiger partial charge in [-0.25, -0.2) is 4.79 Å². The van der Waals surface area contributed by atoms with Crippen molar-refractivity contribution in [2.24, 2.45) is 5.41 Å². The van der Waals surface area contributed by atoms with Crippen LogP contribution in [0.2, 0.25) is 0 Å². The van der Waals surface area contributed by atoms with E-state index in [-0.39, 0.29) is 5.41 Å². The van der Waals surface area contributed by atoms with E-state index in [1.165, 1.54) is 36.0 Å². The summed E-state index contributed by atoms with van der Waals surface area (Å²) >= 11 is 0. The molecule has 0 fully saturated rings. The molecule has 1 aliphatic rings. The Balaban J connectivity index is 2.70. The van der Waals surface area contributed by atoms with Gasteiger partial charge < -0.3 is 5.11 Å². The van der Waals surface area contributed by atoms with Crippen molar-refractivity contribution < 1.29 is 9.90 Å². The first-order valence-corrected chi connectivity index (χ1v) is 9.62. The van der Waals surface area contributed by atoms with E-state index >= 15 is 0 Å². The largest absolute Gasteiger partial charge is 0.478 e. The first-order chi connectivity index (χ1) is 12.6. The highest BCUT2D eigenvalue weighted by atomic mass is 16.4. The molecule has 0 aromatic heterocycles. The summed E-state index contributed by atoms with van der Waals surface area (Å²) in [6, 6.07) is 0. The summed E-state index contributed by atoms with van der Waals surface area (Å²) in [6.45, 7) is 12.6. The summed E-state index contributed by atoms with van der Waals surface area (Å²) in [5.74, 6) is -0.892. The lowest BCUT2D eigenvalue weighted by molar-refractivity contribution is -0.132. The molecule has 0 aromatic rings. The Morgan fingerprint density at radius 3 is 2.19 bits per heavy atom. The molecule has 1 rings (SSSR count). The van der Waals surface area contributed by atoms with E-state index in [4.69, 9.17) is 5.11 Å². The van der Waals surface area contributed by atoms with E-state index < -0.39 is 5.97 Å². The van der Waals surface area contributed by atoms with E-state index in [0.717, 1.165) is 5.57 Å². The van der Waals surface area contributed by atoms with Crippen molar-refractivity contribution in [1.29, 1.82) is 0 Å². The smallest absolute Gasteiger partial charge is 0.331 e. The maximum Gasteiger partial charge on any atom is 0.331 e. The van der Waals surface area contributed by atoms with Gasteiger partial charge in [-0.2, -0.15) is 0 Å². The Labute approximate surface area is 165 Å². The van der Waals surface area contributed by atoms with Crippen LogP contribution in [-0.2, 0) is 4.79 Å². The van der Waals surface area contributed by atoms with Crippen molar-refractivity contribution in [3.8, 4) is 0 Å². The lowest BCUT2D eigenvalue weighted by atomic mass is 9.72. The lowest BCUT2D eigenvalue weighted by Gasteiger charge is -2.32. The standard InChI is InChI=1S/C25H34O2/c1-19(11-7-8-14-22(4)24(26)27)12-9-13-20(2)16-17-23-21(3)15-10-18-25(23,5)6/h7-9,11-14,16-17H,10,15,18H2,1-6H3,(H,26,27)/b8-7-,12-9+,17-16+,19-11+,20-13+,22-14+. The number of hydrogen-bond acceptors (Lipinski definition) is 1. The minimum atomic E-state index is -0.892. The molecule has 146 valence electrons. The fourth-order valence-corrected chi connectivity index (χ4v) is 3.17. The van der Waals surface area contributed by atoms with Gasteiger partial charge in [-0.1, -0.05) is 85.3 Å². The van der Waals surface area contributed by atoms with Crippen molar-refractivity contribution in [2.45, 2.75) is 60.8 Å². The maximum atomic E-state index is 10.7. The Bertz CT molecular complexity index is 747. The van der Waals surface area contributed by atoms with Gasteiger partial charge in [-0.3, -0.25) is 0 Å². The number of rotatable bonds is 7. The van der Waals surface area contributed by atoms with Gasteiger partial charge in [0.2, 0.25) is 0 Å². The van der Waals surface area contributed by atoms with Crippen LogP contribution in [0.3, 0.4) is 0 Å². The van der Waals surface area contributed by atoms with Crippen molar-refractivity contribution in [2.75, 3.05) is 0 Å². The van der Waals surface area contributed by atoms with Crippen molar-refractivity contribution in [1.82, 2.24) is 0 Å². The Morgan fingerprint density at radius 2 is 1.56 bits per heavy atom. The highest BCUT2D eigenvalue weighted by Crippen LogP contribution is 2.40. The number of carboxylic acids is 1. The van der Waals surface area contributed by atoms with Crippen LogP contribution in [0.4, 0.5) is 0 Å². The second-order valence-corrected chi connectivity index (χ2v) is 7.98. The Morgan fingerprint density at radius 1 is 0.963 bits per heavy atom. The monoisotopic (exact) mass is 366 g/mol. The molecular weight excluding hydrogens is 332 g/mol. The van der Waals surface area contributed by atoms with Gasteiger partial charge in [0.1, 0.15) is 0 Å². The van der Waals surface area contributed by atoms with Gasteiger partial charge in [0.05, 0.1) is 0 Å². The second kappa shape index (κ2) is 10.7. The predicted molar refractivity (Wildman–Crippen MR) is 117 cm³/mol. The van der Waals surface area contributed by atoms with Crippen LogP contribution in [-0.4, -0.2) is 11.1 Å². The van der Waals surface area contributed by atoms with E-state index in [0.29, 0.717) is 5.57 Å². The zero-order valence-electron chi connectivity index (χ0n) is 17.7. The van der Waals surface area contributed by atoms with Gasteiger partial charge in [0, 0.05) is 5.57 Å². The fraction of sp³-hybridized carbons (Fsp3) is 0.400. The van der Waals surface area contributed by atoms with E-state index in [2.05, 4.69) is 45.9 Å². The number of carbonyl (C=O) groups is 1. The molecule has 0 amide bonds. The topological polar surface area (TPSA) is 37.3 Å². The lowest BCUT2D eigenvalue weighted by Crippen LogP contribution is -2.19. The molecule has 0 unspecified atom stereocenters. The molecule has 2 nitrogen and oxygen atoms in total. The molecule has 1 N–H and O–H groups in total. The molecule has 1 aliphatic carbocycles. The summed E-state index contributed by atoms with van der Waals surface area (Å²) < 4.78 is 0. The summed E-state index contributed by atoms with van der Waals surface area (Å²) in [5.41, 5.74) is 5.92. The first kappa shape index (κ1) is 22.7. The number of allylic oxidation sites excluding steroid dienone is 13. The Kier molecular flexibility index (Phi) is 9.00. The zero-order valence-corrected chi connectivity index (χ0v) is 17.7. The van der Waals surface area contributed by atoms with Crippen LogP contribution < -0.4 is 0 Å². The number of carboxylic acid groups (broad SMARTS) is 1. The zero-order chi connectivity index (χ0) is 20.4. The summed E-state index contributed by atoms with van der Waals surface area (Å²) in [6.07, 6.45) is 21.6. The molecule has 0 saturated heterocycles. The molecule has 0 heterocycles. The fourth-order valence-electron chi connectivity index (χ4n) is 3.17. The highest BCUT2D eigenvalue weighted by Gasteiger charge is 2.26. The normalized spacial score (nSPS) is 19.7. The van der Waals surface area contributed by atoms with E-state index in [1.807, 2.05) is 31.2 Å². The molecule has 0 radical (unpaired) electrons. The van der Waals surface area contributed by atoms with Gasteiger partial charge in [0.15, 0.2) is 0 Å². The molecule has 0 atom stereocenters. The molecule has 0 saturated carbocycles. The summed E-state index contributed by atoms with van der Waals surface area (Å²) in [5, 5.41) is 8.79. The van der Waals surface area contributed by atoms with E-state index in [1.54, 1.807) is 19.1 Å². The van der Waals surface area contributed by atoms with Crippen LogP contribution >= 0.6 is 0 Å². The average molecular weight is 367 g/mol. The minimum absolute atomic E-state index is 0.272. The highest BCUT2D eigenvalue weighted by molar-refractivity contribution is 5.86. The number of hydrogen-bond donors (Lipinski definition) is 1. The van der Waals surface area contributed by atoms with Gasteiger partial charge in [-0.05, 0) is 57.9 Å². The van der Waals surface area contributed by atoms with Crippen molar-refractivity contribution in [3.63, 3.8) is 0 Å². The van der Waals surface area contributed by atoms with Crippen molar-refractivity contribution in [3.05, 3.63) is 82.5 Å². The Hall–Kier alpha value is -2.35. The quantitative estimate of drug-likeness (QED) is 0.385. The van der Waals surface area contributed by atoms with Crippen LogP contribution in [0.25, 0.3) is 0 Å². The average Bonchev–Trinajstić information content (AvgIpc) is 2.57. The number of aliphatic carboxylic acids is 1. The SMILES string of the molecule is CC1=C(/C=C/C(C)=C/C=C/C(C)=C/C=C\C=C(/C)C(=O)O)C(C)(C)CCC1. The molecule has 2 heteroatoms. The maximum absolute atomic E-state index is 10.7. The molecule has 0 bridgehead atoms. The minimum Gasteiger partial charge on any atom is -0.478 e. The third-order valence-electron chi connectivity index (χ3n) is 4.93. The van der Waals surface area contributed by atoms with Crippen LogP contribution in [0.15, 0.2) is 82.5 Å². The van der Waals surface area contributed by atoms with Crippen LogP contribution in [0.1, 0.15) is 60.8 Å². The molecule has 0 aliphatic heterocycles. The van der Waals surface area contributed by atoms with Gasteiger partial charge >= 0.3 is 5.97 Å². The van der Waals surface area contributed by atoms with Gasteiger partial charge in [0.25, 0.3) is 0 Å². The molecular formula is C25H34O2. The molecule has 0 aromatic carbocycles. The van der Waals surface area contributed by atoms with Crippen LogP contribution in [0, 0.1) is 5.41 Å². The predicted octanol–water partition coefficient (Wildman–Crippen LogP) is 7.11. The van der Waals surface area contributed by atoms with E-state index in [9.17, 15) is 4.79 Å². The second-order valence-electron chi connectivity index (χ2n) is 7.98. The third-order valence-corrected chi connectivity index (χ3v) is 4.93. The molecule has 27 heavy (non-hydrogen) atoms. The summed E-state index contributed by atoms with van der Waals surface area (Å²) in [7, 11) is 0. The van der Waals surface area contributed by atoms with Gasteiger partial charge in [-0.15, -0.1) is 0 Å².